The first kappa shape index (κ1) is 12.7. The van der Waals surface area contributed by atoms with Crippen LogP contribution in [-0.2, 0) is 9.53 Å². The number of carbonyl (C=O) groups excluding carboxylic acids is 1. The second-order valence-electron chi connectivity index (χ2n) is 3.50. The highest BCUT2D eigenvalue weighted by Gasteiger charge is 2.19. The van der Waals surface area contributed by atoms with E-state index in [1.54, 1.807) is 13.0 Å². The number of nitriles is 1. The number of piperazine rings is 1. The molecule has 1 heterocycles. The number of carbonyl (C=O) groups is 1. The molecule has 0 aliphatic carbocycles. The molecule has 0 aromatic carbocycles. The summed E-state index contributed by atoms with van der Waals surface area (Å²) in [6.07, 6.45) is 3.16. The molecule has 0 aromatic rings. The molecular weight excluding hydrogens is 206 g/mol. The van der Waals surface area contributed by atoms with Gasteiger partial charge >= 0.3 is 5.97 Å². The van der Waals surface area contributed by atoms with E-state index in [4.69, 9.17) is 10.00 Å². The topological polar surface area (TPSA) is 65.4 Å². The normalized spacial score (nSPS) is 21.9. The SMILES string of the molecule is CCOC(=O)/C=C/CN1CCNCC1C#N. The van der Waals surface area contributed by atoms with Crippen molar-refractivity contribution in [3.8, 4) is 6.07 Å². The van der Waals surface area contributed by atoms with Gasteiger partial charge in [-0.25, -0.2) is 4.79 Å². The van der Waals surface area contributed by atoms with Gasteiger partial charge in [0.15, 0.2) is 0 Å². The van der Waals surface area contributed by atoms with Crippen molar-refractivity contribution in [2.75, 3.05) is 32.8 Å². The van der Waals surface area contributed by atoms with Gasteiger partial charge < -0.3 is 10.1 Å². The first-order valence-electron chi connectivity index (χ1n) is 5.45. The molecule has 1 atom stereocenters. The highest BCUT2D eigenvalue weighted by Crippen LogP contribution is 2.01. The Labute approximate surface area is 95.7 Å². The van der Waals surface area contributed by atoms with Crippen molar-refractivity contribution < 1.29 is 9.53 Å². The molecular formula is C11H17N3O2. The van der Waals surface area contributed by atoms with Crippen molar-refractivity contribution in [2.24, 2.45) is 0 Å². The molecule has 88 valence electrons. The van der Waals surface area contributed by atoms with E-state index < -0.39 is 0 Å². The predicted molar refractivity (Wildman–Crippen MR) is 59.6 cm³/mol. The van der Waals surface area contributed by atoms with Crippen LogP contribution in [0.25, 0.3) is 0 Å². The quantitative estimate of drug-likeness (QED) is 0.532. The zero-order chi connectivity index (χ0) is 11.8. The van der Waals surface area contributed by atoms with Crippen LogP contribution in [0, 0.1) is 11.3 Å². The third-order valence-electron chi connectivity index (χ3n) is 2.38. The molecule has 0 radical (unpaired) electrons. The third kappa shape index (κ3) is 4.01. The van der Waals surface area contributed by atoms with E-state index in [2.05, 4.69) is 11.4 Å². The third-order valence-corrected chi connectivity index (χ3v) is 2.38. The first-order chi connectivity index (χ1) is 7.77. The van der Waals surface area contributed by atoms with E-state index in [9.17, 15) is 4.79 Å². The van der Waals surface area contributed by atoms with Crippen molar-refractivity contribution in [3.63, 3.8) is 0 Å². The summed E-state index contributed by atoms with van der Waals surface area (Å²) in [5.74, 6) is -0.328. The molecule has 1 aliphatic heterocycles. The molecule has 1 rings (SSSR count). The number of esters is 1. The van der Waals surface area contributed by atoms with Crippen LogP contribution in [0.5, 0.6) is 0 Å². The summed E-state index contributed by atoms with van der Waals surface area (Å²) < 4.78 is 4.76. The van der Waals surface area contributed by atoms with Crippen molar-refractivity contribution >= 4 is 5.97 Å². The van der Waals surface area contributed by atoms with E-state index in [0.717, 1.165) is 13.1 Å². The van der Waals surface area contributed by atoms with Crippen LogP contribution in [0.3, 0.4) is 0 Å². The second kappa shape index (κ2) is 6.99. The molecule has 0 amide bonds. The molecule has 1 aliphatic rings. The average Bonchev–Trinajstić information content (AvgIpc) is 2.30. The van der Waals surface area contributed by atoms with Gasteiger partial charge in [0, 0.05) is 32.3 Å². The summed E-state index contributed by atoms with van der Waals surface area (Å²) in [6.45, 7) is 5.16. The van der Waals surface area contributed by atoms with Crippen LogP contribution < -0.4 is 5.32 Å². The maximum absolute atomic E-state index is 11.0. The van der Waals surface area contributed by atoms with Gasteiger partial charge in [-0.05, 0) is 6.92 Å². The van der Waals surface area contributed by atoms with Crippen molar-refractivity contribution in [1.29, 1.82) is 5.26 Å². The largest absolute Gasteiger partial charge is 0.463 e. The number of nitrogens with zero attached hydrogens (tertiary/aromatic N) is 2. The van der Waals surface area contributed by atoms with Gasteiger partial charge in [0.05, 0.1) is 12.7 Å². The maximum atomic E-state index is 11.0. The fourth-order valence-electron chi connectivity index (χ4n) is 1.57. The summed E-state index contributed by atoms with van der Waals surface area (Å²) in [5.41, 5.74) is 0. The van der Waals surface area contributed by atoms with E-state index in [1.807, 2.05) is 4.90 Å². The fourth-order valence-corrected chi connectivity index (χ4v) is 1.57. The van der Waals surface area contributed by atoms with Gasteiger partial charge in [-0.2, -0.15) is 5.26 Å². The van der Waals surface area contributed by atoms with Crippen LogP contribution >= 0.6 is 0 Å². The second-order valence-corrected chi connectivity index (χ2v) is 3.50. The predicted octanol–water partition coefficient (Wildman–Crippen LogP) is -0.0969. The Morgan fingerprint density at radius 3 is 3.25 bits per heavy atom. The zero-order valence-corrected chi connectivity index (χ0v) is 9.48. The van der Waals surface area contributed by atoms with E-state index in [-0.39, 0.29) is 12.0 Å². The van der Waals surface area contributed by atoms with Gasteiger partial charge in [-0.15, -0.1) is 0 Å². The van der Waals surface area contributed by atoms with Crippen molar-refractivity contribution in [2.45, 2.75) is 13.0 Å². The minimum absolute atomic E-state index is 0.111. The molecule has 1 N–H and O–H groups in total. The number of hydrogen-bond acceptors (Lipinski definition) is 5. The lowest BCUT2D eigenvalue weighted by atomic mass is 10.2. The lowest BCUT2D eigenvalue weighted by molar-refractivity contribution is -0.137. The molecule has 0 spiro atoms. The van der Waals surface area contributed by atoms with Crippen molar-refractivity contribution in [3.05, 3.63) is 12.2 Å². The minimum Gasteiger partial charge on any atom is -0.463 e. The van der Waals surface area contributed by atoms with Crippen LogP contribution in [0.4, 0.5) is 0 Å². The standard InChI is InChI=1S/C11H17N3O2/c1-2-16-11(15)4-3-6-14-7-5-13-9-10(14)8-12/h3-4,10,13H,2,5-7,9H2,1H3/b4-3+. The van der Waals surface area contributed by atoms with Crippen LogP contribution in [0.2, 0.25) is 0 Å². The van der Waals surface area contributed by atoms with E-state index >= 15 is 0 Å². The molecule has 0 bridgehead atoms. The highest BCUT2D eigenvalue weighted by atomic mass is 16.5. The zero-order valence-electron chi connectivity index (χ0n) is 9.48. The number of ether oxygens (including phenoxy) is 1. The Morgan fingerprint density at radius 2 is 2.56 bits per heavy atom. The van der Waals surface area contributed by atoms with Gasteiger partial charge in [0.1, 0.15) is 6.04 Å². The lowest BCUT2D eigenvalue weighted by Gasteiger charge is -2.30. The Hall–Kier alpha value is -1.38. The monoisotopic (exact) mass is 223 g/mol. The summed E-state index contributed by atoms with van der Waals surface area (Å²) >= 11 is 0. The van der Waals surface area contributed by atoms with Gasteiger partial charge in [0.2, 0.25) is 0 Å². The molecule has 1 saturated heterocycles. The smallest absolute Gasteiger partial charge is 0.330 e. The van der Waals surface area contributed by atoms with Gasteiger partial charge in [-0.1, -0.05) is 6.08 Å². The molecule has 5 heteroatoms. The Balaban J connectivity index is 2.35. The van der Waals surface area contributed by atoms with E-state index in [1.165, 1.54) is 6.08 Å². The molecule has 1 fully saturated rings. The lowest BCUT2D eigenvalue weighted by Crippen LogP contribution is -2.50. The molecule has 0 aromatic heterocycles. The summed E-state index contributed by atoms with van der Waals surface area (Å²) in [7, 11) is 0. The van der Waals surface area contributed by atoms with Crippen LogP contribution in [-0.4, -0.2) is 49.7 Å². The first-order valence-corrected chi connectivity index (χ1v) is 5.45. The number of nitrogens with one attached hydrogen (secondary N) is 1. The average molecular weight is 223 g/mol. The summed E-state index contributed by atoms with van der Waals surface area (Å²) in [5, 5.41) is 12.1. The number of rotatable bonds is 4. The van der Waals surface area contributed by atoms with Crippen LogP contribution in [0.1, 0.15) is 6.92 Å². The molecule has 16 heavy (non-hydrogen) atoms. The highest BCUT2D eigenvalue weighted by molar-refractivity contribution is 5.81. The summed E-state index contributed by atoms with van der Waals surface area (Å²) in [6, 6.07) is 2.12. The molecule has 5 nitrogen and oxygen atoms in total. The Kier molecular flexibility index (Phi) is 5.54. The maximum Gasteiger partial charge on any atom is 0.330 e. The van der Waals surface area contributed by atoms with Crippen LogP contribution in [0.15, 0.2) is 12.2 Å². The van der Waals surface area contributed by atoms with E-state index in [0.29, 0.717) is 19.7 Å². The molecule has 1 unspecified atom stereocenters. The van der Waals surface area contributed by atoms with Crippen molar-refractivity contribution in [1.82, 2.24) is 10.2 Å². The Morgan fingerprint density at radius 1 is 1.75 bits per heavy atom. The fraction of sp³-hybridized carbons (Fsp3) is 0.636. The minimum atomic E-state index is -0.328. The molecule has 0 saturated carbocycles. The summed E-state index contributed by atoms with van der Waals surface area (Å²) in [4.78, 5) is 13.1. The van der Waals surface area contributed by atoms with Gasteiger partial charge in [0.25, 0.3) is 0 Å². The number of hydrogen-bond donors (Lipinski definition) is 1. The van der Waals surface area contributed by atoms with Gasteiger partial charge in [-0.3, -0.25) is 4.90 Å². The Bertz CT molecular complexity index is 296.